The maximum absolute atomic E-state index is 10.9. The van der Waals surface area contributed by atoms with Gasteiger partial charge in [0.05, 0.1) is 0 Å². The van der Waals surface area contributed by atoms with E-state index in [0.29, 0.717) is 54.9 Å². The molecule has 138 valence electrons. The Bertz CT molecular complexity index is 1420. The molecule has 0 radical (unpaired) electrons. The zero-order valence-corrected chi connectivity index (χ0v) is 15.8. The second-order valence-corrected chi connectivity index (χ2v) is 6.66. The molecule has 0 fully saturated rings. The minimum Gasteiger partial charge on any atom is -0.507 e. The van der Waals surface area contributed by atoms with Crippen LogP contribution < -0.4 is 0 Å². The van der Waals surface area contributed by atoms with Gasteiger partial charge >= 0.3 is 0 Å². The lowest BCUT2D eigenvalue weighted by molar-refractivity contribution is 0.470. The van der Waals surface area contributed by atoms with Gasteiger partial charge in [-0.25, -0.2) is 0 Å². The zero-order valence-electron chi connectivity index (χ0n) is 15.8. The van der Waals surface area contributed by atoms with Crippen LogP contribution in [-0.4, -0.2) is 10.2 Å². The topological polar surface area (TPSA) is 40.5 Å². The lowest BCUT2D eigenvalue weighted by Gasteiger charge is -2.17. The highest BCUT2D eigenvalue weighted by atomic mass is 16.3. The summed E-state index contributed by atoms with van der Waals surface area (Å²) in [6.45, 7) is 0. The van der Waals surface area contributed by atoms with E-state index in [1.165, 1.54) is 12.1 Å². The first-order valence-corrected chi connectivity index (χ1v) is 8.99. The van der Waals surface area contributed by atoms with Crippen molar-refractivity contribution in [2.75, 3.05) is 0 Å². The number of fused-ring (bicyclic) bond motifs is 2. The molecular weight excluding hydrogens is 368 g/mol. The molecule has 0 atom stereocenters. The third-order valence-corrected chi connectivity index (χ3v) is 5.19. The summed E-state index contributed by atoms with van der Waals surface area (Å²) in [5, 5.41) is 24.3. The Hall–Kier alpha value is -4.76. The molecule has 0 aliphatic rings. The Labute approximate surface area is 174 Å². The van der Waals surface area contributed by atoms with Crippen molar-refractivity contribution in [3.8, 4) is 72.0 Å². The Balaban J connectivity index is 2.35. The van der Waals surface area contributed by atoms with E-state index in [4.69, 9.17) is 25.7 Å². The number of hydrogen-bond acceptors (Lipinski definition) is 2. The van der Waals surface area contributed by atoms with Crippen LogP contribution in [0.15, 0.2) is 48.5 Å². The van der Waals surface area contributed by atoms with Crippen LogP contribution in [0.25, 0.3) is 32.7 Å². The van der Waals surface area contributed by atoms with Crippen molar-refractivity contribution in [2.45, 2.75) is 0 Å². The van der Waals surface area contributed by atoms with Gasteiger partial charge in [0, 0.05) is 44.2 Å². The van der Waals surface area contributed by atoms with Gasteiger partial charge in [0.2, 0.25) is 0 Å². The first-order chi connectivity index (χ1) is 14.5. The summed E-state index contributed by atoms with van der Waals surface area (Å²) in [6.07, 6.45) is 22.9. The summed E-state index contributed by atoms with van der Waals surface area (Å²) in [4.78, 5) is 0. The molecule has 2 heteroatoms. The van der Waals surface area contributed by atoms with E-state index in [-0.39, 0.29) is 11.5 Å². The standard InChI is InChI=1S/C28H14O2/c1-5-17-9-11-19(7-3)25-21(17)13-15-23(29)27(25)28-24(30)16-14-22-18(6-2)10-12-20(8-4)26(22)28/h1-4,9-16,29-30H. The Morgan fingerprint density at radius 1 is 0.467 bits per heavy atom. The van der Waals surface area contributed by atoms with E-state index < -0.39 is 0 Å². The Morgan fingerprint density at radius 3 is 1.13 bits per heavy atom. The van der Waals surface area contributed by atoms with Crippen LogP contribution in [0, 0.1) is 49.4 Å². The van der Waals surface area contributed by atoms with E-state index in [0.717, 1.165) is 0 Å². The molecule has 4 aromatic rings. The highest BCUT2D eigenvalue weighted by Gasteiger charge is 2.21. The van der Waals surface area contributed by atoms with Gasteiger partial charge in [-0.3, -0.25) is 0 Å². The molecule has 0 unspecified atom stereocenters. The predicted octanol–water partition coefficient (Wildman–Crippen LogP) is 5.00. The van der Waals surface area contributed by atoms with Crippen LogP contribution in [-0.2, 0) is 0 Å². The zero-order chi connectivity index (χ0) is 21.4. The number of phenols is 2. The van der Waals surface area contributed by atoms with Crippen LogP contribution in [0.5, 0.6) is 11.5 Å². The SMILES string of the molecule is C#Cc1ccc(C#C)c2c(-c3c(O)ccc4c(C#C)ccc(C#C)c34)c(O)ccc12. The number of hydrogen-bond donors (Lipinski definition) is 2. The van der Waals surface area contributed by atoms with Gasteiger partial charge in [-0.05, 0) is 59.3 Å². The Morgan fingerprint density at radius 2 is 0.800 bits per heavy atom. The molecule has 30 heavy (non-hydrogen) atoms. The number of rotatable bonds is 1. The Kier molecular flexibility index (Phi) is 4.34. The van der Waals surface area contributed by atoms with Crippen molar-refractivity contribution in [1.82, 2.24) is 0 Å². The summed E-state index contributed by atoms with van der Waals surface area (Å²) in [6, 6.07) is 13.4. The van der Waals surface area contributed by atoms with E-state index in [9.17, 15) is 10.2 Å². The number of phenolic OH excluding ortho intramolecular Hbond substituents is 2. The van der Waals surface area contributed by atoms with Crippen LogP contribution in [0.2, 0.25) is 0 Å². The highest BCUT2D eigenvalue weighted by Crippen LogP contribution is 2.47. The molecule has 0 spiro atoms. The molecule has 0 aromatic heterocycles. The normalized spacial score (nSPS) is 10.1. The van der Waals surface area contributed by atoms with Crippen LogP contribution in [0.4, 0.5) is 0 Å². The van der Waals surface area contributed by atoms with E-state index in [2.05, 4.69) is 23.7 Å². The summed E-state index contributed by atoms with van der Waals surface area (Å²) >= 11 is 0. The second kappa shape index (κ2) is 7.00. The average Bonchev–Trinajstić information content (AvgIpc) is 2.78. The first kappa shape index (κ1) is 18.6. The molecular formula is C28H14O2. The molecule has 4 aromatic carbocycles. The van der Waals surface area contributed by atoms with Crippen molar-refractivity contribution in [3.63, 3.8) is 0 Å². The van der Waals surface area contributed by atoms with E-state index in [1.54, 1.807) is 36.4 Å². The quantitative estimate of drug-likeness (QED) is 0.455. The van der Waals surface area contributed by atoms with E-state index in [1.807, 2.05) is 0 Å². The van der Waals surface area contributed by atoms with Gasteiger partial charge in [0.25, 0.3) is 0 Å². The second-order valence-electron chi connectivity index (χ2n) is 6.66. The maximum atomic E-state index is 10.9. The summed E-state index contributed by atoms with van der Waals surface area (Å²) < 4.78 is 0. The maximum Gasteiger partial charge on any atom is 0.124 e. The number of aromatic hydroxyl groups is 2. The van der Waals surface area contributed by atoms with Gasteiger partial charge in [-0.2, -0.15) is 0 Å². The third-order valence-electron chi connectivity index (χ3n) is 5.19. The molecule has 2 N–H and O–H groups in total. The fourth-order valence-corrected chi connectivity index (χ4v) is 3.87. The minimum atomic E-state index is -0.0648. The third kappa shape index (κ3) is 2.54. The number of benzene rings is 4. The van der Waals surface area contributed by atoms with Crippen molar-refractivity contribution in [1.29, 1.82) is 0 Å². The van der Waals surface area contributed by atoms with Crippen molar-refractivity contribution < 1.29 is 10.2 Å². The van der Waals surface area contributed by atoms with Gasteiger partial charge in [0.1, 0.15) is 11.5 Å². The number of terminal acetylenes is 4. The molecule has 0 bridgehead atoms. The fourth-order valence-electron chi connectivity index (χ4n) is 3.87. The van der Waals surface area contributed by atoms with Gasteiger partial charge < -0.3 is 10.2 Å². The van der Waals surface area contributed by atoms with Crippen molar-refractivity contribution in [3.05, 3.63) is 70.8 Å². The molecule has 0 aliphatic heterocycles. The van der Waals surface area contributed by atoms with Gasteiger partial charge in [0.15, 0.2) is 0 Å². The van der Waals surface area contributed by atoms with E-state index >= 15 is 0 Å². The van der Waals surface area contributed by atoms with Crippen molar-refractivity contribution in [2.24, 2.45) is 0 Å². The van der Waals surface area contributed by atoms with Crippen molar-refractivity contribution >= 4 is 21.5 Å². The highest BCUT2D eigenvalue weighted by molar-refractivity contribution is 6.14. The van der Waals surface area contributed by atoms with Crippen LogP contribution in [0.3, 0.4) is 0 Å². The molecule has 0 heterocycles. The minimum absolute atomic E-state index is 0.0648. The average molecular weight is 382 g/mol. The molecule has 0 saturated carbocycles. The first-order valence-electron chi connectivity index (χ1n) is 8.99. The largest absolute Gasteiger partial charge is 0.507 e. The molecule has 0 saturated heterocycles. The molecule has 2 nitrogen and oxygen atoms in total. The lowest BCUT2D eigenvalue weighted by Crippen LogP contribution is -1.94. The van der Waals surface area contributed by atoms with Gasteiger partial charge in [-0.15, -0.1) is 25.7 Å². The fraction of sp³-hybridized carbons (Fsp3) is 0. The summed E-state index contributed by atoms with van der Waals surface area (Å²) in [5.41, 5.74) is 3.00. The summed E-state index contributed by atoms with van der Waals surface area (Å²) in [5.74, 6) is 10.4. The molecule has 0 aliphatic carbocycles. The predicted molar refractivity (Wildman–Crippen MR) is 122 cm³/mol. The monoisotopic (exact) mass is 382 g/mol. The van der Waals surface area contributed by atoms with Crippen LogP contribution >= 0.6 is 0 Å². The molecule has 4 rings (SSSR count). The molecule has 0 amide bonds. The van der Waals surface area contributed by atoms with Crippen LogP contribution in [0.1, 0.15) is 22.3 Å². The summed E-state index contributed by atoms with van der Waals surface area (Å²) in [7, 11) is 0. The van der Waals surface area contributed by atoms with Gasteiger partial charge in [-0.1, -0.05) is 23.7 Å². The smallest absolute Gasteiger partial charge is 0.124 e. The lowest BCUT2D eigenvalue weighted by atomic mass is 9.86.